The molecule has 1 aliphatic rings. The van der Waals surface area contributed by atoms with E-state index in [1.807, 2.05) is 0 Å². The number of hydrogen-bond donors (Lipinski definition) is 0. The van der Waals surface area contributed by atoms with E-state index < -0.39 is 0 Å². The van der Waals surface area contributed by atoms with Crippen molar-refractivity contribution < 1.29 is 0 Å². The van der Waals surface area contributed by atoms with Gasteiger partial charge in [0.25, 0.3) is 0 Å². The zero-order valence-electron chi connectivity index (χ0n) is 19.9. The zero-order valence-corrected chi connectivity index (χ0v) is 19.9. The molecule has 1 unspecified atom stereocenters. The topological polar surface area (TPSA) is 0 Å². The van der Waals surface area contributed by atoms with Crippen LogP contribution in [0.3, 0.4) is 0 Å². The first kappa shape index (κ1) is 22.6. The quantitative estimate of drug-likeness (QED) is 0.238. The van der Waals surface area contributed by atoms with Crippen LogP contribution in [0.2, 0.25) is 0 Å². The van der Waals surface area contributed by atoms with Crippen LogP contribution < -0.4 is 0 Å². The average molecular weight is 423 g/mol. The molecule has 0 amide bonds. The maximum Gasteiger partial charge on any atom is -0.0118 e. The molecule has 0 fully saturated rings. The molecule has 0 heteroatoms. The number of allylic oxidation sites excluding steroid dienone is 2. The van der Waals surface area contributed by atoms with Crippen molar-refractivity contribution in [3.05, 3.63) is 107 Å². The highest BCUT2D eigenvalue weighted by atomic mass is 14.2. The van der Waals surface area contributed by atoms with E-state index in [-0.39, 0.29) is 0 Å². The van der Waals surface area contributed by atoms with Crippen LogP contribution in [0.15, 0.2) is 78.9 Å². The van der Waals surface area contributed by atoms with Crippen molar-refractivity contribution in [2.24, 2.45) is 0 Å². The van der Waals surface area contributed by atoms with Crippen molar-refractivity contribution in [1.82, 2.24) is 0 Å². The third-order valence-corrected chi connectivity index (χ3v) is 7.08. The fourth-order valence-electron chi connectivity index (χ4n) is 5.04. The van der Waals surface area contributed by atoms with Crippen LogP contribution in [0.1, 0.15) is 79.7 Å². The lowest BCUT2D eigenvalue weighted by atomic mass is 9.79. The maximum absolute atomic E-state index is 2.44. The summed E-state index contributed by atoms with van der Waals surface area (Å²) in [5, 5.41) is 0. The number of hydrogen-bond acceptors (Lipinski definition) is 0. The van der Waals surface area contributed by atoms with Gasteiger partial charge in [-0.3, -0.25) is 0 Å². The molecule has 1 atom stereocenters. The van der Waals surface area contributed by atoms with Gasteiger partial charge in [-0.15, -0.1) is 0 Å². The van der Waals surface area contributed by atoms with E-state index in [2.05, 4.69) is 92.7 Å². The van der Waals surface area contributed by atoms with Crippen molar-refractivity contribution in [2.75, 3.05) is 0 Å². The number of benzene rings is 3. The molecule has 166 valence electrons. The Kier molecular flexibility index (Phi) is 7.99. The summed E-state index contributed by atoms with van der Waals surface area (Å²) in [7, 11) is 0. The van der Waals surface area contributed by atoms with Crippen LogP contribution in [0.4, 0.5) is 0 Å². The molecule has 0 heterocycles. The Morgan fingerprint density at radius 2 is 1.50 bits per heavy atom. The summed E-state index contributed by atoms with van der Waals surface area (Å²) in [6.07, 6.45) is 15.4. The molecule has 3 aromatic rings. The summed E-state index contributed by atoms with van der Waals surface area (Å²) in [5.41, 5.74) is 10.2. The van der Waals surface area contributed by atoms with E-state index in [0.29, 0.717) is 5.92 Å². The maximum atomic E-state index is 2.44. The van der Waals surface area contributed by atoms with E-state index in [1.165, 1.54) is 72.8 Å². The van der Waals surface area contributed by atoms with E-state index >= 15 is 0 Å². The number of rotatable bonds is 9. The van der Waals surface area contributed by atoms with Crippen LogP contribution in [-0.4, -0.2) is 0 Å². The Morgan fingerprint density at radius 1 is 0.781 bits per heavy atom. The van der Waals surface area contributed by atoms with Gasteiger partial charge in [0, 0.05) is 0 Å². The molecule has 4 rings (SSSR count). The van der Waals surface area contributed by atoms with Crippen LogP contribution >= 0.6 is 0 Å². The van der Waals surface area contributed by atoms with E-state index in [4.69, 9.17) is 0 Å². The minimum Gasteiger partial charge on any atom is -0.0917 e. The second-order valence-corrected chi connectivity index (χ2v) is 9.43. The van der Waals surface area contributed by atoms with Gasteiger partial charge >= 0.3 is 0 Å². The second kappa shape index (κ2) is 11.3. The first-order valence-electron chi connectivity index (χ1n) is 12.7. The molecule has 0 N–H and O–H groups in total. The zero-order chi connectivity index (χ0) is 22.2. The average Bonchev–Trinajstić information content (AvgIpc) is 2.85. The molecule has 3 aromatic carbocycles. The summed E-state index contributed by atoms with van der Waals surface area (Å²) < 4.78 is 0. The largest absolute Gasteiger partial charge is 0.0917 e. The highest BCUT2D eigenvalue weighted by molar-refractivity contribution is 5.65. The molecule has 0 saturated heterocycles. The molecule has 1 aliphatic carbocycles. The SMILES string of the molecule is C/C=C/CCc1ccc(-c2ccc3c(c2)CCC(c2ccc(CCCCC)cc2)C3)cc1. The van der Waals surface area contributed by atoms with Crippen molar-refractivity contribution in [1.29, 1.82) is 0 Å². The molecular formula is C32H38. The third kappa shape index (κ3) is 5.80. The summed E-state index contributed by atoms with van der Waals surface area (Å²) in [5.74, 6) is 0.662. The second-order valence-electron chi connectivity index (χ2n) is 9.43. The molecule has 0 spiro atoms. The van der Waals surface area contributed by atoms with E-state index in [1.54, 1.807) is 11.1 Å². The van der Waals surface area contributed by atoms with Gasteiger partial charge in [-0.2, -0.15) is 0 Å². The molecule has 0 aliphatic heterocycles. The van der Waals surface area contributed by atoms with Gasteiger partial charge in [0.2, 0.25) is 0 Å². The van der Waals surface area contributed by atoms with Crippen molar-refractivity contribution in [3.63, 3.8) is 0 Å². The standard InChI is InChI=1S/C32H38/c1-3-5-7-9-25-11-15-27(16-12-25)29-19-21-32-24-30(20-22-31(32)23-29)28-17-13-26(14-18-28)10-8-6-4-2/h3,5,11-19,21,23,30H,4,6-10,20,22,24H2,1-2H3/b5-3+. The monoisotopic (exact) mass is 422 g/mol. The fraction of sp³-hybridized carbons (Fsp3) is 0.375. The van der Waals surface area contributed by atoms with Gasteiger partial charge < -0.3 is 0 Å². The highest BCUT2D eigenvalue weighted by Crippen LogP contribution is 2.35. The molecule has 0 bridgehead atoms. The highest BCUT2D eigenvalue weighted by Gasteiger charge is 2.20. The summed E-state index contributed by atoms with van der Waals surface area (Å²) in [6, 6.07) is 25.8. The van der Waals surface area contributed by atoms with Gasteiger partial charge in [-0.05, 0) is 96.7 Å². The van der Waals surface area contributed by atoms with E-state index in [0.717, 1.165) is 12.8 Å². The predicted molar refractivity (Wildman–Crippen MR) is 139 cm³/mol. The number of fused-ring (bicyclic) bond motifs is 1. The Morgan fingerprint density at radius 3 is 2.25 bits per heavy atom. The predicted octanol–water partition coefficient (Wildman–Crippen LogP) is 8.87. The van der Waals surface area contributed by atoms with Crippen molar-refractivity contribution in [2.45, 2.75) is 77.6 Å². The minimum absolute atomic E-state index is 0.662. The lowest BCUT2D eigenvalue weighted by Crippen LogP contribution is -2.13. The fourth-order valence-corrected chi connectivity index (χ4v) is 5.04. The molecule has 0 radical (unpaired) electrons. The third-order valence-electron chi connectivity index (χ3n) is 7.08. The van der Waals surface area contributed by atoms with Gasteiger partial charge in [0.05, 0.1) is 0 Å². The smallest absolute Gasteiger partial charge is 0.0118 e. The Hall–Kier alpha value is -2.60. The van der Waals surface area contributed by atoms with Crippen molar-refractivity contribution >= 4 is 0 Å². The lowest BCUT2D eigenvalue weighted by Gasteiger charge is -2.26. The van der Waals surface area contributed by atoms with Crippen LogP contribution in [0, 0.1) is 0 Å². The Labute approximate surface area is 195 Å². The van der Waals surface area contributed by atoms with Gasteiger partial charge in [-0.1, -0.05) is 98.6 Å². The molecule has 32 heavy (non-hydrogen) atoms. The van der Waals surface area contributed by atoms with E-state index in [9.17, 15) is 0 Å². The summed E-state index contributed by atoms with van der Waals surface area (Å²) in [6.45, 7) is 4.36. The summed E-state index contributed by atoms with van der Waals surface area (Å²) >= 11 is 0. The minimum atomic E-state index is 0.662. The van der Waals surface area contributed by atoms with Gasteiger partial charge in [0.15, 0.2) is 0 Å². The molecule has 0 aromatic heterocycles. The van der Waals surface area contributed by atoms with Crippen LogP contribution in [-0.2, 0) is 25.7 Å². The van der Waals surface area contributed by atoms with Crippen LogP contribution in [0.5, 0.6) is 0 Å². The Balaban J connectivity index is 1.40. The first-order valence-corrected chi connectivity index (χ1v) is 12.7. The summed E-state index contributed by atoms with van der Waals surface area (Å²) in [4.78, 5) is 0. The van der Waals surface area contributed by atoms with Gasteiger partial charge in [0.1, 0.15) is 0 Å². The number of unbranched alkanes of at least 4 members (excludes halogenated alkanes) is 2. The molecular weight excluding hydrogens is 384 g/mol. The van der Waals surface area contributed by atoms with Crippen LogP contribution in [0.25, 0.3) is 11.1 Å². The molecule has 0 nitrogen and oxygen atoms in total. The van der Waals surface area contributed by atoms with Crippen molar-refractivity contribution in [3.8, 4) is 11.1 Å². The van der Waals surface area contributed by atoms with Gasteiger partial charge in [-0.25, -0.2) is 0 Å². The lowest BCUT2D eigenvalue weighted by molar-refractivity contribution is 0.585. The molecule has 0 saturated carbocycles. The first-order chi connectivity index (χ1) is 15.8. The normalized spacial score (nSPS) is 15.8. The number of aryl methyl sites for hydroxylation is 3. The Bertz CT molecular complexity index is 1000.